The highest BCUT2D eigenvalue weighted by atomic mass is 35.5. The van der Waals surface area contributed by atoms with Gasteiger partial charge in [0.2, 0.25) is 0 Å². The van der Waals surface area contributed by atoms with Gasteiger partial charge in [0.25, 0.3) is 0 Å². The molecule has 3 rings (SSSR count). The van der Waals surface area contributed by atoms with Gasteiger partial charge in [0.05, 0.1) is 27.5 Å². The van der Waals surface area contributed by atoms with Crippen LogP contribution in [0.15, 0.2) is 65.9 Å². The third kappa shape index (κ3) is 7.36. The van der Waals surface area contributed by atoms with Crippen LogP contribution in [0.4, 0.5) is 32.0 Å². The highest BCUT2D eigenvalue weighted by Crippen LogP contribution is 2.33. The first-order chi connectivity index (χ1) is 16.9. The summed E-state index contributed by atoms with van der Waals surface area (Å²) >= 11 is 18.2. The molecule has 36 heavy (non-hydrogen) atoms. The van der Waals surface area contributed by atoms with Gasteiger partial charge in [-0.05, 0) is 42.5 Å². The van der Waals surface area contributed by atoms with Crippen molar-refractivity contribution in [1.82, 2.24) is 10.5 Å². The molecule has 1 N–H and O–H groups in total. The summed E-state index contributed by atoms with van der Waals surface area (Å²) in [6, 6.07) is 9.49. The van der Waals surface area contributed by atoms with E-state index >= 15 is 0 Å². The van der Waals surface area contributed by atoms with Gasteiger partial charge in [0.15, 0.2) is 0 Å². The Morgan fingerprint density at radius 1 is 0.889 bits per heavy atom. The van der Waals surface area contributed by atoms with Gasteiger partial charge in [-0.2, -0.15) is 26.3 Å². The van der Waals surface area contributed by atoms with Crippen LogP contribution in [0.3, 0.4) is 0 Å². The standard InChI is InChI=1S/C23H14Cl3F6N3O/c24-18-2-1-3-19(25)17(18)12-36-35-10-13(21-20(26)8-15(11-34-21)23(30,31)32)9-33-16-6-4-14(5-7-16)22(27,28)29/h1-11,35H,12H2/b13-10+,33-9?. The number of alkyl halides is 6. The number of hydrogen-bond acceptors (Lipinski definition) is 4. The van der Waals surface area contributed by atoms with Crippen molar-refractivity contribution in [2.24, 2.45) is 4.99 Å². The van der Waals surface area contributed by atoms with Gasteiger partial charge in [-0.25, -0.2) is 0 Å². The zero-order valence-electron chi connectivity index (χ0n) is 17.8. The Morgan fingerprint density at radius 2 is 1.50 bits per heavy atom. The van der Waals surface area contributed by atoms with Gasteiger partial charge in [-0.15, -0.1) is 0 Å². The first-order valence-electron chi connectivity index (χ1n) is 9.81. The number of hydrogen-bond donors (Lipinski definition) is 1. The van der Waals surface area contributed by atoms with Crippen LogP contribution in [0.2, 0.25) is 15.1 Å². The predicted octanol–water partition coefficient (Wildman–Crippen LogP) is 8.54. The van der Waals surface area contributed by atoms with Crippen molar-refractivity contribution in [1.29, 1.82) is 0 Å². The molecule has 0 spiro atoms. The van der Waals surface area contributed by atoms with Gasteiger partial charge in [0.1, 0.15) is 6.61 Å². The number of nitrogens with one attached hydrogen (secondary N) is 1. The minimum atomic E-state index is -4.66. The summed E-state index contributed by atoms with van der Waals surface area (Å²) in [5, 5.41) is 0.362. The molecule has 0 radical (unpaired) electrons. The summed E-state index contributed by atoms with van der Waals surface area (Å²) in [7, 11) is 0. The lowest BCUT2D eigenvalue weighted by molar-refractivity contribution is -0.138. The average Bonchev–Trinajstić information content (AvgIpc) is 2.79. The van der Waals surface area contributed by atoms with E-state index in [-0.39, 0.29) is 28.6 Å². The molecular weight excluding hydrogens is 555 g/mol. The number of aromatic nitrogens is 1. The number of aliphatic imine (C=N–C) groups is 1. The smallest absolute Gasteiger partial charge is 0.273 e. The van der Waals surface area contributed by atoms with E-state index in [0.29, 0.717) is 27.9 Å². The summed E-state index contributed by atoms with van der Waals surface area (Å²) in [5.41, 5.74) is 1.16. The van der Waals surface area contributed by atoms with Gasteiger partial charge in [-0.1, -0.05) is 40.9 Å². The molecule has 0 saturated carbocycles. The van der Waals surface area contributed by atoms with Crippen molar-refractivity contribution in [3.8, 4) is 0 Å². The Balaban J connectivity index is 1.87. The second kappa shape index (κ2) is 11.5. The molecule has 13 heteroatoms. The summed E-state index contributed by atoms with van der Waals surface area (Å²) in [6.07, 6.45) is -6.23. The molecule has 2 aromatic carbocycles. The zero-order valence-corrected chi connectivity index (χ0v) is 20.0. The third-order valence-electron chi connectivity index (χ3n) is 4.57. The molecule has 3 aromatic rings. The number of nitrogens with zero attached hydrogens (tertiary/aromatic N) is 2. The number of hydroxylamine groups is 1. The van der Waals surface area contributed by atoms with Crippen LogP contribution in [0, 0.1) is 0 Å². The van der Waals surface area contributed by atoms with E-state index in [1.54, 1.807) is 18.2 Å². The molecule has 0 aliphatic rings. The summed E-state index contributed by atoms with van der Waals surface area (Å²) in [5.74, 6) is 0. The highest BCUT2D eigenvalue weighted by molar-refractivity contribution is 6.36. The second-order valence-corrected chi connectivity index (χ2v) is 8.28. The number of rotatable bonds is 7. The lowest BCUT2D eigenvalue weighted by Crippen LogP contribution is -2.10. The molecule has 1 heterocycles. The molecule has 0 unspecified atom stereocenters. The molecular formula is C23H14Cl3F6N3O. The number of benzene rings is 2. The normalized spacial score (nSPS) is 12.9. The fourth-order valence-corrected chi connectivity index (χ4v) is 3.52. The minimum Gasteiger partial charge on any atom is -0.273 e. The topological polar surface area (TPSA) is 46.5 Å². The van der Waals surface area contributed by atoms with E-state index in [1.807, 2.05) is 0 Å². The minimum absolute atomic E-state index is 0.0684. The molecule has 0 saturated heterocycles. The Labute approximate surface area is 216 Å². The average molecular weight is 569 g/mol. The fourth-order valence-electron chi connectivity index (χ4n) is 2.74. The Morgan fingerprint density at radius 3 is 2.06 bits per heavy atom. The number of pyridine rings is 1. The van der Waals surface area contributed by atoms with Crippen molar-refractivity contribution in [3.05, 3.63) is 98.4 Å². The van der Waals surface area contributed by atoms with Crippen LogP contribution in [-0.4, -0.2) is 11.2 Å². The molecule has 0 aliphatic carbocycles. The summed E-state index contributed by atoms with van der Waals surface area (Å²) in [4.78, 5) is 13.2. The SMILES string of the molecule is FC(F)(F)c1ccc(N=C/C(=C\NOCc2c(Cl)cccc2Cl)c2ncc(C(F)(F)F)cc2Cl)cc1. The maximum absolute atomic E-state index is 13.0. The maximum atomic E-state index is 13.0. The summed E-state index contributed by atoms with van der Waals surface area (Å²) < 4.78 is 77.3. The molecule has 0 amide bonds. The van der Waals surface area contributed by atoms with E-state index in [4.69, 9.17) is 39.6 Å². The van der Waals surface area contributed by atoms with Crippen molar-refractivity contribution >= 4 is 52.3 Å². The van der Waals surface area contributed by atoms with Crippen LogP contribution >= 0.6 is 34.8 Å². The molecule has 190 valence electrons. The highest BCUT2D eigenvalue weighted by Gasteiger charge is 2.32. The van der Waals surface area contributed by atoms with Crippen molar-refractivity contribution < 1.29 is 31.2 Å². The van der Waals surface area contributed by atoms with E-state index in [1.165, 1.54) is 6.20 Å². The van der Waals surface area contributed by atoms with Gasteiger partial charge in [0, 0.05) is 39.8 Å². The molecule has 4 nitrogen and oxygen atoms in total. The van der Waals surface area contributed by atoms with Crippen LogP contribution in [0.25, 0.3) is 5.57 Å². The first-order valence-corrected chi connectivity index (χ1v) is 10.9. The maximum Gasteiger partial charge on any atom is 0.417 e. The van der Waals surface area contributed by atoms with Crippen LogP contribution in [-0.2, 0) is 23.8 Å². The molecule has 0 fully saturated rings. The summed E-state index contributed by atoms with van der Waals surface area (Å²) in [6.45, 7) is -0.0769. The lowest BCUT2D eigenvalue weighted by atomic mass is 10.1. The van der Waals surface area contributed by atoms with E-state index in [9.17, 15) is 26.3 Å². The number of allylic oxidation sites excluding steroid dienone is 1. The predicted molar refractivity (Wildman–Crippen MR) is 126 cm³/mol. The second-order valence-electron chi connectivity index (χ2n) is 7.06. The molecule has 1 aromatic heterocycles. The van der Waals surface area contributed by atoms with Gasteiger partial charge >= 0.3 is 12.4 Å². The van der Waals surface area contributed by atoms with Crippen molar-refractivity contribution in [2.75, 3.05) is 0 Å². The van der Waals surface area contributed by atoms with E-state index < -0.39 is 23.5 Å². The zero-order chi connectivity index (χ0) is 26.5. The monoisotopic (exact) mass is 567 g/mol. The third-order valence-corrected chi connectivity index (χ3v) is 5.56. The van der Waals surface area contributed by atoms with Crippen LogP contribution < -0.4 is 5.48 Å². The van der Waals surface area contributed by atoms with Crippen LogP contribution in [0.5, 0.6) is 0 Å². The Bertz CT molecular complexity index is 1260. The van der Waals surface area contributed by atoms with E-state index in [2.05, 4.69) is 15.5 Å². The largest absolute Gasteiger partial charge is 0.417 e. The quantitative estimate of drug-likeness (QED) is 0.134. The molecule has 0 bridgehead atoms. The Hall–Kier alpha value is -2.79. The fraction of sp³-hybridized carbons (Fsp3) is 0.130. The molecule has 0 aliphatic heterocycles. The van der Waals surface area contributed by atoms with Gasteiger partial charge in [-0.3, -0.25) is 20.3 Å². The van der Waals surface area contributed by atoms with Crippen LogP contribution in [0.1, 0.15) is 22.4 Å². The van der Waals surface area contributed by atoms with E-state index in [0.717, 1.165) is 30.5 Å². The van der Waals surface area contributed by atoms with Crippen molar-refractivity contribution in [3.63, 3.8) is 0 Å². The first kappa shape index (κ1) is 27.8. The Kier molecular flexibility index (Phi) is 8.89. The van der Waals surface area contributed by atoms with Crippen molar-refractivity contribution in [2.45, 2.75) is 19.0 Å². The lowest BCUT2D eigenvalue weighted by Gasteiger charge is -2.11. The van der Waals surface area contributed by atoms with Gasteiger partial charge < -0.3 is 0 Å². The molecule has 0 atom stereocenters. The number of halogens is 9.